The van der Waals surface area contributed by atoms with Crippen molar-refractivity contribution in [2.24, 2.45) is 0 Å². The number of carbonyl (C=O) groups is 3. The maximum Gasteiger partial charge on any atom is 3.00 e. The van der Waals surface area contributed by atoms with Gasteiger partial charge in [-0.25, -0.2) is 0 Å². The maximum absolute atomic E-state index is 9.65. The van der Waals surface area contributed by atoms with E-state index in [1.807, 2.05) is 20.8 Å². The van der Waals surface area contributed by atoms with E-state index in [9.17, 15) is 29.7 Å². The molecule has 0 amide bonds. The van der Waals surface area contributed by atoms with Gasteiger partial charge in [-0.3, -0.25) is 0 Å². The fourth-order valence-electron chi connectivity index (χ4n) is 0.963. The molecule has 6 nitrogen and oxygen atoms in total. The van der Waals surface area contributed by atoms with Crippen LogP contribution in [0.2, 0.25) is 0 Å². The fourth-order valence-corrected chi connectivity index (χ4v) is 0.963. The molecule has 0 aliphatic heterocycles. The van der Waals surface area contributed by atoms with Gasteiger partial charge < -0.3 is 29.7 Å². The Morgan fingerprint density at radius 1 is 0.591 bits per heavy atom. The van der Waals surface area contributed by atoms with Crippen molar-refractivity contribution >= 4 is 17.9 Å². The third kappa shape index (κ3) is 50.3. The largest absolute Gasteiger partial charge is 3.00 e. The van der Waals surface area contributed by atoms with Crippen LogP contribution in [0.15, 0.2) is 0 Å². The molecule has 0 aliphatic carbocycles. The second kappa shape index (κ2) is 25.7. The van der Waals surface area contributed by atoms with Crippen molar-refractivity contribution < 1.29 is 69.6 Å². The summed E-state index contributed by atoms with van der Waals surface area (Å²) in [6, 6.07) is 0. The van der Waals surface area contributed by atoms with E-state index in [4.69, 9.17) is 0 Å². The van der Waals surface area contributed by atoms with Crippen molar-refractivity contribution in [2.75, 3.05) is 0 Å². The van der Waals surface area contributed by atoms with Crippen molar-refractivity contribution in [2.45, 2.75) is 78.6 Å². The Kier molecular flexibility index (Phi) is 34.7. The zero-order valence-corrected chi connectivity index (χ0v) is 15.9. The van der Waals surface area contributed by atoms with E-state index in [-0.39, 0.29) is 59.2 Å². The molecule has 0 aromatic rings. The Bertz CT molecular complexity index is 226. The van der Waals surface area contributed by atoms with E-state index < -0.39 is 17.9 Å². The summed E-state index contributed by atoms with van der Waals surface area (Å²) in [4.78, 5) is 28.9. The fraction of sp³-hybridized carbons (Fsp3) is 0.800. The summed E-state index contributed by atoms with van der Waals surface area (Å²) >= 11 is 0. The molecule has 0 aliphatic rings. The van der Waals surface area contributed by atoms with Gasteiger partial charge in [-0.2, -0.15) is 0 Å². The third-order valence-corrected chi connectivity index (χ3v) is 2.20. The average Bonchev–Trinajstić information content (AvgIpc) is 2.41. The molecular formula is C15H27GdO6. The van der Waals surface area contributed by atoms with Crippen molar-refractivity contribution in [1.82, 2.24) is 0 Å². The standard InChI is InChI=1S/3C5H10O2.Gd/c3*1-2-3-4-5(6)7;/h3*2-4H2,1H3,(H,6,7);/q;;;+3/p-3. The molecule has 0 saturated carbocycles. The smallest absolute Gasteiger partial charge is 0.550 e. The van der Waals surface area contributed by atoms with Gasteiger partial charge in [0.15, 0.2) is 0 Å². The minimum Gasteiger partial charge on any atom is -0.550 e. The average molecular weight is 461 g/mol. The summed E-state index contributed by atoms with van der Waals surface area (Å²) in [5.41, 5.74) is 0. The molecule has 1 radical (unpaired) electrons. The predicted octanol–water partition coefficient (Wildman–Crippen LogP) is -0.220. The number of aliphatic carboxylic acids is 3. The molecule has 0 N–H and O–H groups in total. The van der Waals surface area contributed by atoms with E-state index in [1.165, 1.54) is 0 Å². The number of hydrogen-bond donors (Lipinski definition) is 0. The van der Waals surface area contributed by atoms with Crippen LogP contribution in [0.4, 0.5) is 0 Å². The first-order chi connectivity index (χ1) is 9.81. The van der Waals surface area contributed by atoms with Gasteiger partial charge >= 0.3 is 39.9 Å². The quantitative estimate of drug-likeness (QED) is 0.469. The van der Waals surface area contributed by atoms with E-state index >= 15 is 0 Å². The normalized spacial score (nSPS) is 8.32. The summed E-state index contributed by atoms with van der Waals surface area (Å²) in [5, 5.41) is 28.9. The number of unbranched alkanes of at least 4 members (excludes halogenated alkanes) is 3. The molecule has 0 heterocycles. The number of carboxylic acid groups (broad SMARTS) is 3. The van der Waals surface area contributed by atoms with Crippen LogP contribution >= 0.6 is 0 Å². The molecule has 0 aromatic heterocycles. The minimum absolute atomic E-state index is 0. The molecule has 0 aromatic carbocycles. The van der Waals surface area contributed by atoms with Gasteiger partial charge in [0, 0.05) is 17.9 Å². The monoisotopic (exact) mass is 461 g/mol. The molecule has 0 unspecified atom stereocenters. The van der Waals surface area contributed by atoms with Crippen LogP contribution < -0.4 is 15.3 Å². The minimum atomic E-state index is -0.943. The summed E-state index contributed by atoms with van der Waals surface area (Å²) in [6.45, 7) is 5.84. The van der Waals surface area contributed by atoms with E-state index in [0.717, 1.165) is 38.5 Å². The SMILES string of the molecule is CCCCC(=O)[O-].CCCCC(=O)[O-].CCCCC(=O)[O-].[Gd+3]. The molecule has 131 valence electrons. The van der Waals surface area contributed by atoms with Gasteiger partial charge in [-0.1, -0.05) is 40.0 Å². The summed E-state index contributed by atoms with van der Waals surface area (Å²) in [5.74, 6) is -2.83. The van der Waals surface area contributed by atoms with Gasteiger partial charge in [-0.15, -0.1) is 0 Å². The van der Waals surface area contributed by atoms with Gasteiger partial charge in [0.25, 0.3) is 0 Å². The zero-order valence-electron chi connectivity index (χ0n) is 13.7. The number of rotatable bonds is 9. The van der Waals surface area contributed by atoms with Crippen LogP contribution in [0.3, 0.4) is 0 Å². The van der Waals surface area contributed by atoms with Gasteiger partial charge in [0.05, 0.1) is 0 Å². The Morgan fingerprint density at radius 3 is 0.818 bits per heavy atom. The molecule has 0 saturated heterocycles. The molecule has 0 atom stereocenters. The maximum atomic E-state index is 9.65. The first-order valence-corrected chi connectivity index (χ1v) is 7.41. The molecule has 22 heavy (non-hydrogen) atoms. The molecular weight excluding hydrogens is 433 g/mol. The summed E-state index contributed by atoms with van der Waals surface area (Å²) in [6.07, 6.45) is 5.60. The van der Waals surface area contributed by atoms with Crippen molar-refractivity contribution in [3.05, 3.63) is 0 Å². The molecule has 0 fully saturated rings. The Balaban J connectivity index is -0.000000108. The topological polar surface area (TPSA) is 120 Å². The summed E-state index contributed by atoms with van der Waals surface area (Å²) < 4.78 is 0. The second-order valence-electron chi connectivity index (χ2n) is 4.43. The number of carbonyl (C=O) groups excluding carboxylic acids is 3. The molecule has 0 bridgehead atoms. The second-order valence-corrected chi connectivity index (χ2v) is 4.43. The van der Waals surface area contributed by atoms with Crippen molar-refractivity contribution in [1.29, 1.82) is 0 Å². The zero-order chi connectivity index (χ0) is 17.1. The Morgan fingerprint density at radius 2 is 0.773 bits per heavy atom. The van der Waals surface area contributed by atoms with Crippen LogP contribution in [-0.4, -0.2) is 17.9 Å². The number of hydrogen-bond acceptors (Lipinski definition) is 6. The Labute approximate surface area is 165 Å². The van der Waals surface area contributed by atoms with E-state index in [1.54, 1.807) is 0 Å². The first-order valence-electron chi connectivity index (χ1n) is 7.41. The van der Waals surface area contributed by atoms with Crippen molar-refractivity contribution in [3.63, 3.8) is 0 Å². The molecule has 0 rings (SSSR count). The van der Waals surface area contributed by atoms with Gasteiger partial charge in [0.1, 0.15) is 0 Å². The van der Waals surface area contributed by atoms with Crippen LogP contribution in [0, 0.1) is 39.9 Å². The summed E-state index contributed by atoms with van der Waals surface area (Å²) in [7, 11) is 0. The van der Waals surface area contributed by atoms with E-state index in [2.05, 4.69) is 0 Å². The van der Waals surface area contributed by atoms with Crippen LogP contribution in [0.1, 0.15) is 78.6 Å². The van der Waals surface area contributed by atoms with E-state index in [0.29, 0.717) is 0 Å². The van der Waals surface area contributed by atoms with Crippen LogP contribution in [0.25, 0.3) is 0 Å². The van der Waals surface area contributed by atoms with Crippen LogP contribution in [-0.2, 0) is 14.4 Å². The van der Waals surface area contributed by atoms with Gasteiger partial charge in [-0.05, 0) is 38.5 Å². The predicted molar refractivity (Wildman–Crippen MR) is 73.6 cm³/mol. The van der Waals surface area contributed by atoms with Gasteiger partial charge in [0.2, 0.25) is 0 Å². The number of carboxylic acids is 3. The van der Waals surface area contributed by atoms with Crippen LogP contribution in [0.5, 0.6) is 0 Å². The third-order valence-electron chi connectivity index (χ3n) is 2.20. The molecule has 0 spiro atoms. The van der Waals surface area contributed by atoms with Crippen molar-refractivity contribution in [3.8, 4) is 0 Å². The molecule has 7 heteroatoms. The Hall–Kier alpha value is -0.265. The first kappa shape index (κ1) is 29.7.